The second-order valence-corrected chi connectivity index (χ2v) is 3.65. The van der Waals surface area contributed by atoms with Gasteiger partial charge in [-0.3, -0.25) is 10.1 Å². The summed E-state index contributed by atoms with van der Waals surface area (Å²) in [5, 5.41) is 22.2. The van der Waals surface area contributed by atoms with E-state index in [2.05, 4.69) is 15.4 Å². The van der Waals surface area contributed by atoms with Crippen LogP contribution in [0.3, 0.4) is 0 Å². The molecular formula is C11H10N4O3. The first-order valence-corrected chi connectivity index (χ1v) is 5.17. The first-order valence-electron chi connectivity index (χ1n) is 5.17. The summed E-state index contributed by atoms with van der Waals surface area (Å²) >= 11 is 0. The van der Waals surface area contributed by atoms with Gasteiger partial charge in [-0.2, -0.15) is 5.11 Å². The second kappa shape index (κ2) is 4.74. The number of rotatable bonds is 3. The molecule has 0 aliphatic carbocycles. The maximum atomic E-state index is 10.5. The lowest BCUT2D eigenvalue weighted by atomic mass is 10.3. The molecule has 2 rings (SSSR count). The van der Waals surface area contributed by atoms with E-state index >= 15 is 0 Å². The predicted molar refractivity (Wildman–Crippen MR) is 63.2 cm³/mol. The first kappa shape index (κ1) is 11.9. The average Bonchev–Trinajstić information content (AvgIpc) is 2.67. The van der Waals surface area contributed by atoms with Crippen LogP contribution in [0.2, 0.25) is 0 Å². The third-order valence-electron chi connectivity index (χ3n) is 2.32. The zero-order valence-corrected chi connectivity index (χ0v) is 9.82. The quantitative estimate of drug-likeness (QED) is 0.469. The Bertz CT molecular complexity index is 582. The standard InChI is InChI=1S/C11H10N4O3/c1-7-11(8(2)18-14-7)13-12-9-3-5-10(6-4-9)15(16)17/h3-6H,1-2H3. The van der Waals surface area contributed by atoms with Crippen molar-refractivity contribution in [2.24, 2.45) is 10.2 Å². The number of aromatic nitrogens is 1. The van der Waals surface area contributed by atoms with Gasteiger partial charge < -0.3 is 4.52 Å². The zero-order valence-electron chi connectivity index (χ0n) is 9.82. The molecule has 7 heteroatoms. The van der Waals surface area contributed by atoms with Gasteiger partial charge in [0.15, 0.2) is 11.4 Å². The van der Waals surface area contributed by atoms with Crippen molar-refractivity contribution >= 4 is 17.1 Å². The molecule has 18 heavy (non-hydrogen) atoms. The van der Waals surface area contributed by atoms with Crippen LogP contribution in [0.15, 0.2) is 39.0 Å². The highest BCUT2D eigenvalue weighted by Gasteiger charge is 2.08. The molecule has 0 unspecified atom stereocenters. The Balaban J connectivity index is 2.21. The number of non-ortho nitro benzene ring substituents is 1. The summed E-state index contributed by atoms with van der Waals surface area (Å²) in [6, 6.07) is 5.81. The van der Waals surface area contributed by atoms with Crippen molar-refractivity contribution in [3.05, 3.63) is 45.8 Å². The minimum Gasteiger partial charge on any atom is -0.359 e. The van der Waals surface area contributed by atoms with E-state index < -0.39 is 4.92 Å². The van der Waals surface area contributed by atoms with Gasteiger partial charge in [0.25, 0.3) is 5.69 Å². The minimum atomic E-state index is -0.463. The topological polar surface area (TPSA) is 93.9 Å². The van der Waals surface area contributed by atoms with E-state index in [1.807, 2.05) is 0 Å². The molecule has 1 aromatic heterocycles. The fourth-order valence-electron chi connectivity index (χ4n) is 1.37. The summed E-state index contributed by atoms with van der Waals surface area (Å²) in [5.41, 5.74) is 1.78. The lowest BCUT2D eigenvalue weighted by Gasteiger charge is -1.93. The molecule has 0 aliphatic rings. The summed E-state index contributed by atoms with van der Waals surface area (Å²) < 4.78 is 4.94. The SMILES string of the molecule is Cc1noc(C)c1N=Nc1ccc([N+](=O)[O-])cc1. The number of aryl methyl sites for hydroxylation is 2. The van der Waals surface area contributed by atoms with Crippen molar-refractivity contribution in [2.75, 3.05) is 0 Å². The van der Waals surface area contributed by atoms with E-state index in [4.69, 9.17) is 4.52 Å². The predicted octanol–water partition coefficient (Wildman–Crippen LogP) is 3.62. The molecule has 0 fully saturated rings. The summed E-state index contributed by atoms with van der Waals surface area (Å²) in [7, 11) is 0. The molecule has 1 aromatic carbocycles. The lowest BCUT2D eigenvalue weighted by molar-refractivity contribution is -0.384. The minimum absolute atomic E-state index is 0.0197. The summed E-state index contributed by atoms with van der Waals surface area (Å²) in [6.45, 7) is 3.50. The third-order valence-corrected chi connectivity index (χ3v) is 2.32. The Labute approximate surface area is 102 Å². The smallest absolute Gasteiger partial charge is 0.269 e. The second-order valence-electron chi connectivity index (χ2n) is 3.65. The summed E-state index contributed by atoms with van der Waals surface area (Å²) in [4.78, 5) is 10.0. The van der Waals surface area contributed by atoms with Crippen molar-refractivity contribution in [3.8, 4) is 0 Å². The highest BCUT2D eigenvalue weighted by atomic mass is 16.6. The number of hydrogen-bond donors (Lipinski definition) is 0. The molecule has 92 valence electrons. The number of hydrogen-bond acceptors (Lipinski definition) is 6. The normalized spacial score (nSPS) is 11.0. The van der Waals surface area contributed by atoms with Gasteiger partial charge in [-0.05, 0) is 26.0 Å². The van der Waals surface area contributed by atoms with Crippen molar-refractivity contribution in [3.63, 3.8) is 0 Å². The van der Waals surface area contributed by atoms with Crippen LogP contribution < -0.4 is 0 Å². The van der Waals surface area contributed by atoms with Crippen molar-refractivity contribution < 1.29 is 9.45 Å². The van der Waals surface area contributed by atoms with Gasteiger partial charge in [-0.15, -0.1) is 5.11 Å². The van der Waals surface area contributed by atoms with Gasteiger partial charge in [0, 0.05) is 12.1 Å². The number of nitro groups is 1. The van der Waals surface area contributed by atoms with Crippen LogP contribution in [0.1, 0.15) is 11.5 Å². The van der Waals surface area contributed by atoms with Crippen molar-refractivity contribution in [1.82, 2.24) is 5.16 Å². The van der Waals surface area contributed by atoms with Crippen LogP contribution in [0.4, 0.5) is 17.1 Å². The highest BCUT2D eigenvalue weighted by molar-refractivity contribution is 5.46. The molecule has 0 amide bonds. The molecule has 0 saturated carbocycles. The maximum absolute atomic E-state index is 10.5. The monoisotopic (exact) mass is 246 g/mol. The lowest BCUT2D eigenvalue weighted by Crippen LogP contribution is -1.85. The van der Waals surface area contributed by atoms with Gasteiger partial charge in [0.05, 0.1) is 10.6 Å². The van der Waals surface area contributed by atoms with Crippen LogP contribution in [0.25, 0.3) is 0 Å². The van der Waals surface area contributed by atoms with Crippen LogP contribution >= 0.6 is 0 Å². The van der Waals surface area contributed by atoms with E-state index in [9.17, 15) is 10.1 Å². The summed E-state index contributed by atoms with van der Waals surface area (Å²) in [6.07, 6.45) is 0. The molecule has 0 atom stereocenters. The Morgan fingerprint density at radius 2 is 1.89 bits per heavy atom. The fourth-order valence-corrected chi connectivity index (χ4v) is 1.37. The molecule has 7 nitrogen and oxygen atoms in total. The van der Waals surface area contributed by atoms with E-state index in [1.54, 1.807) is 13.8 Å². The van der Waals surface area contributed by atoms with Gasteiger partial charge in [-0.1, -0.05) is 5.16 Å². The van der Waals surface area contributed by atoms with E-state index in [0.29, 0.717) is 22.8 Å². The Kier molecular flexibility index (Phi) is 3.13. The van der Waals surface area contributed by atoms with Gasteiger partial charge in [-0.25, -0.2) is 0 Å². The molecule has 1 heterocycles. The van der Waals surface area contributed by atoms with Crippen LogP contribution in [0, 0.1) is 24.0 Å². The van der Waals surface area contributed by atoms with Crippen molar-refractivity contribution in [1.29, 1.82) is 0 Å². The molecule has 2 aromatic rings. The van der Waals surface area contributed by atoms with E-state index in [-0.39, 0.29) is 5.69 Å². The first-order chi connectivity index (χ1) is 8.58. The largest absolute Gasteiger partial charge is 0.359 e. The van der Waals surface area contributed by atoms with Crippen LogP contribution in [-0.2, 0) is 0 Å². The van der Waals surface area contributed by atoms with Gasteiger partial charge in [0.2, 0.25) is 0 Å². The Morgan fingerprint density at radius 1 is 1.22 bits per heavy atom. The van der Waals surface area contributed by atoms with Crippen LogP contribution in [0.5, 0.6) is 0 Å². The maximum Gasteiger partial charge on any atom is 0.269 e. The Hall–Kier alpha value is -2.57. The average molecular weight is 246 g/mol. The number of nitrogens with zero attached hydrogens (tertiary/aromatic N) is 4. The highest BCUT2D eigenvalue weighted by Crippen LogP contribution is 2.25. The number of nitro benzene ring substituents is 1. The summed E-state index contributed by atoms with van der Waals surface area (Å²) in [5.74, 6) is 0.582. The zero-order chi connectivity index (χ0) is 13.1. The molecule has 0 aliphatic heterocycles. The van der Waals surface area contributed by atoms with Crippen LogP contribution in [-0.4, -0.2) is 10.1 Å². The molecule has 0 saturated heterocycles. The molecular weight excluding hydrogens is 236 g/mol. The number of benzene rings is 1. The van der Waals surface area contributed by atoms with E-state index in [1.165, 1.54) is 24.3 Å². The van der Waals surface area contributed by atoms with Crippen molar-refractivity contribution in [2.45, 2.75) is 13.8 Å². The fraction of sp³-hybridized carbons (Fsp3) is 0.182. The molecule has 0 spiro atoms. The molecule has 0 radical (unpaired) electrons. The van der Waals surface area contributed by atoms with E-state index in [0.717, 1.165) is 0 Å². The molecule has 0 N–H and O–H groups in total. The number of azo groups is 1. The third kappa shape index (κ3) is 2.40. The van der Waals surface area contributed by atoms with Gasteiger partial charge in [0.1, 0.15) is 5.69 Å². The Morgan fingerprint density at radius 3 is 2.39 bits per heavy atom. The van der Waals surface area contributed by atoms with Gasteiger partial charge >= 0.3 is 0 Å². The molecule has 0 bridgehead atoms.